The third-order valence-electron chi connectivity index (χ3n) is 2.85. The molecule has 0 aliphatic carbocycles. The van der Waals surface area contributed by atoms with Gasteiger partial charge in [-0.1, -0.05) is 29.8 Å². The molecule has 0 heterocycles. The highest BCUT2D eigenvalue weighted by Gasteiger charge is 2.05. The average Bonchev–Trinajstić information content (AvgIpc) is 2.43. The summed E-state index contributed by atoms with van der Waals surface area (Å²) in [6.07, 6.45) is 1.38. The van der Waals surface area contributed by atoms with Gasteiger partial charge in [0.1, 0.15) is 6.54 Å². The lowest BCUT2D eigenvalue weighted by Crippen LogP contribution is -2.03. The highest BCUT2D eigenvalue weighted by molar-refractivity contribution is 5.99. The molecule has 4 nitrogen and oxygen atoms in total. The molecule has 102 valence electrons. The normalized spacial score (nSPS) is 10.8. The Balaban J connectivity index is 2.07. The number of carbonyl (C=O) groups excluding carboxylic acids is 1. The number of hydrogen-bond donors (Lipinski definition) is 2. The molecule has 2 aromatic rings. The van der Waals surface area contributed by atoms with Gasteiger partial charge in [-0.25, -0.2) is 0 Å². The molecule has 0 bridgehead atoms. The van der Waals surface area contributed by atoms with Gasteiger partial charge < -0.3 is 10.2 Å². The smallest absolute Gasteiger partial charge is 0.184 e. The molecule has 20 heavy (non-hydrogen) atoms. The molecule has 2 N–H and O–H groups in total. The number of rotatable bonds is 4. The maximum atomic E-state index is 11.9. The van der Waals surface area contributed by atoms with Crippen LogP contribution in [0, 0.1) is 6.92 Å². The highest BCUT2D eigenvalue weighted by Crippen LogP contribution is 2.26. The molecule has 0 aliphatic rings. The van der Waals surface area contributed by atoms with Gasteiger partial charge in [0, 0.05) is 17.3 Å². The molecule has 0 saturated heterocycles. The number of aryl methyl sites for hydroxylation is 1. The molecule has 0 spiro atoms. The lowest BCUT2D eigenvalue weighted by Gasteiger charge is -2.01. The second-order valence-corrected chi connectivity index (χ2v) is 4.48. The van der Waals surface area contributed by atoms with E-state index in [0.717, 1.165) is 5.56 Å². The Morgan fingerprint density at radius 1 is 1.20 bits per heavy atom. The molecular weight excluding hydrogens is 254 g/mol. The van der Waals surface area contributed by atoms with Gasteiger partial charge in [0.15, 0.2) is 17.3 Å². The van der Waals surface area contributed by atoms with Gasteiger partial charge in [0.25, 0.3) is 0 Å². The van der Waals surface area contributed by atoms with Crippen molar-refractivity contribution in [3.63, 3.8) is 0 Å². The van der Waals surface area contributed by atoms with Crippen molar-refractivity contribution in [3.8, 4) is 11.5 Å². The first-order chi connectivity index (χ1) is 9.58. The van der Waals surface area contributed by atoms with Crippen molar-refractivity contribution < 1.29 is 15.0 Å². The zero-order valence-corrected chi connectivity index (χ0v) is 11.1. The standard InChI is InChI=1S/C16H15NO3/c1-11-4-2-5-12(8-11)15(19)10-17-9-13-6-3-7-14(18)16(13)20/h2-9,18,20H,10H2,1H3. The maximum Gasteiger partial charge on any atom is 0.184 e. The lowest BCUT2D eigenvalue weighted by molar-refractivity contribution is 0.100. The number of phenols is 2. The zero-order valence-electron chi connectivity index (χ0n) is 11.1. The number of para-hydroxylation sites is 1. The molecule has 0 fully saturated rings. The van der Waals surface area contributed by atoms with Crippen LogP contribution in [0.15, 0.2) is 47.5 Å². The van der Waals surface area contributed by atoms with Crippen molar-refractivity contribution >= 4 is 12.0 Å². The minimum atomic E-state index is -0.237. The fourth-order valence-corrected chi connectivity index (χ4v) is 1.79. The second-order valence-electron chi connectivity index (χ2n) is 4.48. The summed E-state index contributed by atoms with van der Waals surface area (Å²) in [4.78, 5) is 15.9. The Kier molecular flexibility index (Phi) is 4.15. The van der Waals surface area contributed by atoms with Crippen LogP contribution in [0.2, 0.25) is 0 Å². The molecule has 0 radical (unpaired) electrons. The highest BCUT2D eigenvalue weighted by atomic mass is 16.3. The van der Waals surface area contributed by atoms with Gasteiger partial charge >= 0.3 is 0 Å². The lowest BCUT2D eigenvalue weighted by atomic mass is 10.1. The summed E-state index contributed by atoms with van der Waals surface area (Å²) in [6, 6.07) is 11.9. The number of aromatic hydroxyl groups is 2. The number of hydrogen-bond acceptors (Lipinski definition) is 4. The number of phenolic OH excluding ortho intramolecular Hbond substituents is 2. The van der Waals surface area contributed by atoms with Crippen molar-refractivity contribution in [2.75, 3.05) is 6.54 Å². The van der Waals surface area contributed by atoms with Gasteiger partial charge in [0.2, 0.25) is 0 Å². The molecule has 0 amide bonds. The topological polar surface area (TPSA) is 69.9 Å². The van der Waals surface area contributed by atoms with Crippen LogP contribution in [0.5, 0.6) is 11.5 Å². The first-order valence-electron chi connectivity index (χ1n) is 6.18. The van der Waals surface area contributed by atoms with E-state index in [1.807, 2.05) is 25.1 Å². The molecule has 0 saturated carbocycles. The number of carbonyl (C=O) groups is 1. The summed E-state index contributed by atoms with van der Waals surface area (Å²) in [7, 11) is 0. The number of Topliss-reactive ketones (excluding diaryl/α,β-unsaturated/α-hetero) is 1. The summed E-state index contributed by atoms with van der Waals surface area (Å²) < 4.78 is 0. The first kappa shape index (κ1) is 13.8. The van der Waals surface area contributed by atoms with Crippen LogP contribution in [0.1, 0.15) is 21.5 Å². The molecule has 0 unspecified atom stereocenters. The SMILES string of the molecule is Cc1cccc(C(=O)CN=Cc2cccc(O)c2O)c1. The van der Waals surface area contributed by atoms with E-state index in [0.29, 0.717) is 11.1 Å². The number of ketones is 1. The Labute approximate surface area is 117 Å². The largest absolute Gasteiger partial charge is 0.504 e. The maximum absolute atomic E-state index is 11.9. The van der Waals surface area contributed by atoms with Gasteiger partial charge in [-0.3, -0.25) is 9.79 Å². The average molecular weight is 269 g/mol. The van der Waals surface area contributed by atoms with Gasteiger partial charge in [-0.15, -0.1) is 0 Å². The summed E-state index contributed by atoms with van der Waals surface area (Å²) in [6.45, 7) is 1.92. The Bertz CT molecular complexity index is 663. The van der Waals surface area contributed by atoms with Crippen molar-refractivity contribution in [1.82, 2.24) is 0 Å². The third-order valence-corrected chi connectivity index (χ3v) is 2.85. The van der Waals surface area contributed by atoms with Crippen molar-refractivity contribution in [2.24, 2.45) is 4.99 Å². The van der Waals surface area contributed by atoms with E-state index >= 15 is 0 Å². The van der Waals surface area contributed by atoms with Crippen LogP contribution >= 0.6 is 0 Å². The predicted molar refractivity (Wildman–Crippen MR) is 77.7 cm³/mol. The quantitative estimate of drug-likeness (QED) is 0.509. The van der Waals surface area contributed by atoms with Gasteiger partial charge in [0.05, 0.1) is 0 Å². The number of nitrogens with zero attached hydrogens (tertiary/aromatic N) is 1. The Morgan fingerprint density at radius 3 is 2.70 bits per heavy atom. The molecule has 2 rings (SSSR count). The van der Waals surface area contributed by atoms with E-state index in [2.05, 4.69) is 4.99 Å². The van der Waals surface area contributed by atoms with Crippen LogP contribution in [0.4, 0.5) is 0 Å². The Hall–Kier alpha value is -2.62. The summed E-state index contributed by atoms with van der Waals surface area (Å²) in [5, 5.41) is 18.9. The number of benzene rings is 2. The van der Waals surface area contributed by atoms with Crippen molar-refractivity contribution in [2.45, 2.75) is 6.92 Å². The van der Waals surface area contributed by atoms with Gasteiger partial charge in [-0.05, 0) is 25.1 Å². The fourth-order valence-electron chi connectivity index (χ4n) is 1.79. The third kappa shape index (κ3) is 3.23. The predicted octanol–water partition coefficient (Wildman–Crippen LogP) is 2.71. The first-order valence-corrected chi connectivity index (χ1v) is 6.18. The summed E-state index contributed by atoms with van der Waals surface area (Å²) in [5.74, 6) is -0.539. The van der Waals surface area contributed by atoms with Crippen molar-refractivity contribution in [3.05, 3.63) is 59.2 Å². The van der Waals surface area contributed by atoms with Crippen LogP contribution in [-0.4, -0.2) is 28.8 Å². The van der Waals surface area contributed by atoms with Crippen LogP contribution < -0.4 is 0 Å². The van der Waals surface area contributed by atoms with E-state index < -0.39 is 0 Å². The molecule has 0 aliphatic heterocycles. The fraction of sp³-hybridized carbons (Fsp3) is 0.125. The van der Waals surface area contributed by atoms with Crippen LogP contribution in [-0.2, 0) is 0 Å². The van der Waals surface area contributed by atoms with Crippen LogP contribution in [0.3, 0.4) is 0 Å². The molecule has 0 atom stereocenters. The van der Waals surface area contributed by atoms with E-state index in [9.17, 15) is 15.0 Å². The van der Waals surface area contributed by atoms with E-state index in [4.69, 9.17) is 0 Å². The monoisotopic (exact) mass is 269 g/mol. The Morgan fingerprint density at radius 2 is 1.95 bits per heavy atom. The summed E-state index contributed by atoms with van der Waals surface area (Å²) in [5.41, 5.74) is 2.01. The molecular formula is C16H15NO3. The minimum Gasteiger partial charge on any atom is -0.504 e. The summed E-state index contributed by atoms with van der Waals surface area (Å²) >= 11 is 0. The molecule has 4 heteroatoms. The second kappa shape index (κ2) is 6.02. The molecule has 2 aromatic carbocycles. The zero-order chi connectivity index (χ0) is 14.5. The number of aliphatic imine (C=N–C) groups is 1. The minimum absolute atomic E-state index is 0.00144. The van der Waals surface area contributed by atoms with Crippen LogP contribution in [0.25, 0.3) is 0 Å². The van der Waals surface area contributed by atoms with E-state index in [1.54, 1.807) is 18.2 Å². The van der Waals surface area contributed by atoms with E-state index in [-0.39, 0.29) is 23.8 Å². The van der Waals surface area contributed by atoms with Crippen molar-refractivity contribution in [1.29, 1.82) is 0 Å². The molecule has 0 aromatic heterocycles. The van der Waals surface area contributed by atoms with E-state index in [1.165, 1.54) is 12.3 Å². The van der Waals surface area contributed by atoms with Gasteiger partial charge in [-0.2, -0.15) is 0 Å².